The summed E-state index contributed by atoms with van der Waals surface area (Å²) < 4.78 is 4.54. The summed E-state index contributed by atoms with van der Waals surface area (Å²) in [6.07, 6.45) is 0.268. The quantitative estimate of drug-likeness (QED) is 0.732. The molecule has 0 aliphatic rings. The van der Waals surface area contributed by atoms with Gasteiger partial charge in [-0.1, -0.05) is 0 Å². The fourth-order valence-electron chi connectivity index (χ4n) is 1.62. The van der Waals surface area contributed by atoms with Gasteiger partial charge in [0.25, 0.3) is 0 Å². The van der Waals surface area contributed by atoms with Crippen molar-refractivity contribution in [1.82, 2.24) is 15.1 Å². The zero-order valence-electron chi connectivity index (χ0n) is 11.7. The van der Waals surface area contributed by atoms with Crippen LogP contribution in [0.4, 0.5) is 5.69 Å². The first-order valence-electron chi connectivity index (χ1n) is 6.00. The molecule has 0 spiro atoms. The minimum absolute atomic E-state index is 0.139. The van der Waals surface area contributed by atoms with Crippen molar-refractivity contribution in [2.45, 2.75) is 20.3 Å². The smallest absolute Gasteiger partial charge is 0.306 e. The number of aromatic amines is 1. The van der Waals surface area contributed by atoms with Gasteiger partial charge in [-0.2, -0.15) is 5.10 Å². The molecule has 0 radical (unpaired) electrons. The zero-order chi connectivity index (χ0) is 14.4. The van der Waals surface area contributed by atoms with Crippen molar-refractivity contribution in [2.75, 3.05) is 32.6 Å². The summed E-state index contributed by atoms with van der Waals surface area (Å²) in [7, 11) is 3.12. The SMILES string of the molecule is COC(=O)CCN(C)CC(=O)Nc1c(C)n[nH]c1C. The molecule has 0 unspecified atom stereocenters. The number of nitrogens with one attached hydrogen (secondary N) is 2. The summed E-state index contributed by atoms with van der Waals surface area (Å²) in [5, 5.41) is 9.61. The van der Waals surface area contributed by atoms with E-state index in [1.54, 1.807) is 11.9 Å². The first-order chi connectivity index (χ1) is 8.93. The van der Waals surface area contributed by atoms with Crippen molar-refractivity contribution in [2.24, 2.45) is 0 Å². The average molecular weight is 268 g/mol. The number of nitrogens with zero attached hydrogens (tertiary/aromatic N) is 2. The first-order valence-corrected chi connectivity index (χ1v) is 6.00. The van der Waals surface area contributed by atoms with Gasteiger partial charge in [-0.05, 0) is 20.9 Å². The van der Waals surface area contributed by atoms with Gasteiger partial charge in [0, 0.05) is 6.54 Å². The number of aromatic nitrogens is 2. The highest BCUT2D eigenvalue weighted by Gasteiger charge is 2.12. The van der Waals surface area contributed by atoms with Crippen molar-refractivity contribution in [3.8, 4) is 0 Å². The maximum Gasteiger partial charge on any atom is 0.306 e. The molecule has 7 heteroatoms. The summed E-state index contributed by atoms with van der Waals surface area (Å²) in [5.41, 5.74) is 2.29. The molecule has 1 rings (SSSR count). The molecule has 0 saturated heterocycles. The molecule has 1 aromatic heterocycles. The van der Waals surface area contributed by atoms with Crippen molar-refractivity contribution in [3.05, 3.63) is 11.4 Å². The van der Waals surface area contributed by atoms with E-state index in [2.05, 4.69) is 20.3 Å². The van der Waals surface area contributed by atoms with E-state index < -0.39 is 0 Å². The van der Waals surface area contributed by atoms with Gasteiger partial charge in [-0.25, -0.2) is 0 Å². The third kappa shape index (κ3) is 4.70. The monoisotopic (exact) mass is 268 g/mol. The average Bonchev–Trinajstić information content (AvgIpc) is 2.67. The van der Waals surface area contributed by atoms with Crippen molar-refractivity contribution >= 4 is 17.6 Å². The molecule has 0 fully saturated rings. The number of carbonyl (C=O) groups excluding carboxylic acids is 2. The molecule has 0 aliphatic heterocycles. The summed E-state index contributed by atoms with van der Waals surface area (Å²) in [6, 6.07) is 0. The molecule has 0 aliphatic carbocycles. The zero-order valence-corrected chi connectivity index (χ0v) is 11.7. The number of carbonyl (C=O) groups is 2. The molecule has 0 atom stereocenters. The fourth-order valence-corrected chi connectivity index (χ4v) is 1.62. The molecular formula is C12H20N4O3. The van der Waals surface area contributed by atoms with Crippen LogP contribution in [-0.4, -0.2) is 54.2 Å². The lowest BCUT2D eigenvalue weighted by atomic mass is 10.3. The van der Waals surface area contributed by atoms with Crippen LogP contribution in [0.5, 0.6) is 0 Å². The number of methoxy groups -OCH3 is 1. The minimum atomic E-state index is -0.284. The van der Waals surface area contributed by atoms with Gasteiger partial charge in [-0.3, -0.25) is 19.6 Å². The van der Waals surface area contributed by atoms with Crippen LogP contribution in [0, 0.1) is 13.8 Å². The Hall–Kier alpha value is -1.89. The number of ether oxygens (including phenoxy) is 1. The van der Waals surface area contributed by atoms with Crippen LogP contribution >= 0.6 is 0 Å². The Morgan fingerprint density at radius 1 is 1.42 bits per heavy atom. The maximum atomic E-state index is 11.8. The van der Waals surface area contributed by atoms with Crippen molar-refractivity contribution in [1.29, 1.82) is 0 Å². The Bertz CT molecular complexity index is 436. The second-order valence-electron chi connectivity index (χ2n) is 4.42. The number of esters is 1. The molecule has 2 N–H and O–H groups in total. The topological polar surface area (TPSA) is 87.3 Å². The van der Waals surface area contributed by atoms with Gasteiger partial charge >= 0.3 is 5.97 Å². The van der Waals surface area contributed by atoms with Crippen LogP contribution in [0.15, 0.2) is 0 Å². The summed E-state index contributed by atoms with van der Waals surface area (Å²) in [5.74, 6) is -0.422. The second-order valence-corrected chi connectivity index (χ2v) is 4.42. The highest BCUT2D eigenvalue weighted by atomic mass is 16.5. The number of aryl methyl sites for hydroxylation is 2. The van der Waals surface area contributed by atoms with Gasteiger partial charge in [0.2, 0.25) is 5.91 Å². The normalized spacial score (nSPS) is 10.6. The maximum absolute atomic E-state index is 11.8. The number of anilines is 1. The second kappa shape index (κ2) is 6.89. The van der Waals surface area contributed by atoms with E-state index in [4.69, 9.17) is 0 Å². The van der Waals surface area contributed by atoms with E-state index in [9.17, 15) is 9.59 Å². The number of likely N-dealkylation sites (N-methyl/N-ethyl adjacent to an activating group) is 1. The summed E-state index contributed by atoms with van der Waals surface area (Å²) in [4.78, 5) is 24.6. The number of rotatable bonds is 6. The lowest BCUT2D eigenvalue weighted by molar-refractivity contribution is -0.141. The van der Waals surface area contributed by atoms with Crippen LogP contribution in [0.3, 0.4) is 0 Å². The standard InChI is InChI=1S/C12H20N4O3/c1-8-12(9(2)15-14-8)13-10(17)7-16(3)6-5-11(18)19-4/h5-7H2,1-4H3,(H,13,17)(H,14,15). The van der Waals surface area contributed by atoms with E-state index in [-0.39, 0.29) is 24.8 Å². The molecule has 0 saturated carbocycles. The highest BCUT2D eigenvalue weighted by Crippen LogP contribution is 2.15. The van der Waals surface area contributed by atoms with Gasteiger partial charge < -0.3 is 10.1 Å². The largest absolute Gasteiger partial charge is 0.469 e. The summed E-state index contributed by atoms with van der Waals surface area (Å²) >= 11 is 0. The van der Waals surface area contributed by atoms with Gasteiger partial charge in [0.1, 0.15) is 0 Å². The number of hydrogen-bond donors (Lipinski definition) is 2. The Balaban J connectivity index is 2.41. The summed E-state index contributed by atoms with van der Waals surface area (Å²) in [6.45, 7) is 4.35. The van der Waals surface area contributed by atoms with Gasteiger partial charge in [0.05, 0.1) is 37.2 Å². The molecular weight excluding hydrogens is 248 g/mol. The van der Waals surface area contributed by atoms with Crippen LogP contribution in [0.1, 0.15) is 17.8 Å². The van der Waals surface area contributed by atoms with Crippen LogP contribution in [-0.2, 0) is 14.3 Å². The Morgan fingerprint density at radius 2 is 2.11 bits per heavy atom. The van der Waals surface area contributed by atoms with Gasteiger partial charge in [0.15, 0.2) is 0 Å². The molecule has 1 heterocycles. The van der Waals surface area contributed by atoms with Crippen molar-refractivity contribution in [3.63, 3.8) is 0 Å². The number of amides is 1. The Morgan fingerprint density at radius 3 is 2.63 bits per heavy atom. The van der Waals surface area contributed by atoms with E-state index in [0.717, 1.165) is 11.4 Å². The molecule has 0 bridgehead atoms. The first kappa shape index (κ1) is 15.2. The molecule has 1 aromatic rings. The highest BCUT2D eigenvalue weighted by molar-refractivity contribution is 5.93. The molecule has 1 amide bonds. The Kier molecular flexibility index (Phi) is 5.50. The molecule has 0 aromatic carbocycles. The lowest BCUT2D eigenvalue weighted by Gasteiger charge is -2.15. The van der Waals surface area contributed by atoms with E-state index in [1.807, 2.05) is 13.8 Å². The van der Waals surface area contributed by atoms with E-state index >= 15 is 0 Å². The molecule has 7 nitrogen and oxygen atoms in total. The Labute approximate surface area is 112 Å². The predicted molar refractivity (Wildman–Crippen MR) is 70.8 cm³/mol. The van der Waals surface area contributed by atoms with E-state index in [0.29, 0.717) is 12.2 Å². The van der Waals surface area contributed by atoms with E-state index in [1.165, 1.54) is 7.11 Å². The third-order valence-corrected chi connectivity index (χ3v) is 2.73. The minimum Gasteiger partial charge on any atom is -0.469 e. The van der Waals surface area contributed by atoms with Crippen molar-refractivity contribution < 1.29 is 14.3 Å². The van der Waals surface area contributed by atoms with Crippen LogP contribution in [0.25, 0.3) is 0 Å². The lowest BCUT2D eigenvalue weighted by Crippen LogP contribution is -2.32. The fraction of sp³-hybridized carbons (Fsp3) is 0.583. The molecule has 19 heavy (non-hydrogen) atoms. The molecule has 106 valence electrons. The van der Waals surface area contributed by atoms with Gasteiger partial charge in [-0.15, -0.1) is 0 Å². The number of hydrogen-bond acceptors (Lipinski definition) is 5. The van der Waals surface area contributed by atoms with Crippen LogP contribution in [0.2, 0.25) is 0 Å². The predicted octanol–water partition coefficient (Wildman–Crippen LogP) is 0.460. The van der Waals surface area contributed by atoms with Crippen LogP contribution < -0.4 is 5.32 Å². The third-order valence-electron chi connectivity index (χ3n) is 2.73. The number of H-pyrrole nitrogens is 1.